The van der Waals surface area contributed by atoms with E-state index in [1.807, 2.05) is 0 Å². The second-order valence-electron chi connectivity index (χ2n) is 7.66. The van der Waals surface area contributed by atoms with Crippen LogP contribution in [0.25, 0.3) is 0 Å². The summed E-state index contributed by atoms with van der Waals surface area (Å²) in [6, 6.07) is 0. The van der Waals surface area contributed by atoms with Crippen LogP contribution < -0.4 is 0 Å². The standard InChI is InChI=1S/C17H19N3O5/c1-16(2,3)25-15(23)20-7-8-6-17(8)10(20)5-9(21)11-12(17)19-13(18-11)14(22)24-4/h5,8H,6-7H2,1-4H3,(H,18,19)/t8-,17+/m1/s1. The zero-order valence-electron chi connectivity index (χ0n) is 14.5. The van der Waals surface area contributed by atoms with E-state index in [-0.39, 0.29) is 23.2 Å². The highest BCUT2D eigenvalue weighted by Gasteiger charge is 2.69. The molecular formula is C17H19N3O5. The van der Waals surface area contributed by atoms with Crippen molar-refractivity contribution < 1.29 is 23.9 Å². The SMILES string of the molecule is COC(=O)c1nc2c([nH]1)[C@@]13C[C@@H]1CN(C(=O)OC(C)(C)C)C3=CC2=O. The number of carbonyl (C=O) groups excluding carboxylic acids is 3. The number of aromatic nitrogens is 2. The van der Waals surface area contributed by atoms with Crippen LogP contribution in [0.4, 0.5) is 4.79 Å². The molecule has 0 unspecified atom stereocenters. The quantitative estimate of drug-likeness (QED) is 0.779. The van der Waals surface area contributed by atoms with Crippen LogP contribution in [-0.2, 0) is 14.9 Å². The number of fused-ring (bicyclic) bond motifs is 1. The van der Waals surface area contributed by atoms with E-state index < -0.39 is 23.1 Å². The molecule has 4 rings (SSSR count). The van der Waals surface area contributed by atoms with Gasteiger partial charge in [-0.05, 0) is 33.1 Å². The number of ether oxygens (including phenoxy) is 2. The predicted octanol–water partition coefficient (Wildman–Crippen LogP) is 1.78. The molecule has 1 saturated carbocycles. The first kappa shape index (κ1) is 15.9. The average molecular weight is 345 g/mol. The summed E-state index contributed by atoms with van der Waals surface area (Å²) < 4.78 is 10.1. The molecule has 1 amide bonds. The molecule has 2 atom stereocenters. The number of ketones is 1. The molecule has 1 aromatic rings. The van der Waals surface area contributed by atoms with Gasteiger partial charge in [0.05, 0.1) is 18.2 Å². The fraction of sp³-hybridized carbons (Fsp3) is 0.529. The average Bonchev–Trinajstić information content (AvgIpc) is 2.90. The summed E-state index contributed by atoms with van der Waals surface area (Å²) in [4.78, 5) is 45.3. The van der Waals surface area contributed by atoms with Gasteiger partial charge in [0.1, 0.15) is 11.3 Å². The van der Waals surface area contributed by atoms with Gasteiger partial charge in [-0.2, -0.15) is 0 Å². The lowest BCUT2D eigenvalue weighted by atomic mass is 9.89. The molecule has 1 saturated heterocycles. The molecule has 1 spiro atoms. The second-order valence-corrected chi connectivity index (χ2v) is 7.66. The summed E-state index contributed by atoms with van der Waals surface area (Å²) in [6.07, 6.45) is 1.79. The van der Waals surface area contributed by atoms with Crippen LogP contribution in [0, 0.1) is 5.92 Å². The first-order valence-corrected chi connectivity index (χ1v) is 8.13. The van der Waals surface area contributed by atoms with Gasteiger partial charge in [-0.1, -0.05) is 0 Å². The number of amides is 1. The molecule has 0 aromatic carbocycles. The van der Waals surface area contributed by atoms with Gasteiger partial charge < -0.3 is 14.5 Å². The highest BCUT2D eigenvalue weighted by atomic mass is 16.6. The number of carbonyl (C=O) groups is 3. The first-order valence-electron chi connectivity index (χ1n) is 8.13. The Hall–Kier alpha value is -2.64. The Morgan fingerprint density at radius 3 is 2.76 bits per heavy atom. The zero-order chi connectivity index (χ0) is 18.1. The number of likely N-dealkylation sites (tertiary alicyclic amines) is 1. The smallest absolute Gasteiger partial charge is 0.414 e. The molecule has 2 heterocycles. The number of hydrogen-bond donors (Lipinski definition) is 1. The van der Waals surface area contributed by atoms with Crippen molar-refractivity contribution in [1.29, 1.82) is 0 Å². The van der Waals surface area contributed by atoms with E-state index >= 15 is 0 Å². The molecule has 132 valence electrons. The van der Waals surface area contributed by atoms with Crippen LogP contribution in [0.3, 0.4) is 0 Å². The maximum absolute atomic E-state index is 12.5. The van der Waals surface area contributed by atoms with Crippen molar-refractivity contribution in [2.24, 2.45) is 5.92 Å². The fourth-order valence-corrected chi connectivity index (χ4v) is 3.81. The number of esters is 1. The van der Waals surface area contributed by atoms with Crippen LogP contribution in [0.5, 0.6) is 0 Å². The number of hydrogen-bond acceptors (Lipinski definition) is 6. The Labute approximate surface area is 144 Å². The van der Waals surface area contributed by atoms with Crippen LogP contribution >= 0.6 is 0 Å². The summed E-state index contributed by atoms with van der Waals surface area (Å²) in [5, 5.41) is 0. The highest BCUT2D eigenvalue weighted by molar-refractivity contribution is 6.08. The van der Waals surface area contributed by atoms with Gasteiger partial charge in [0, 0.05) is 18.3 Å². The molecule has 1 aliphatic heterocycles. The number of imidazole rings is 1. The summed E-state index contributed by atoms with van der Waals surface area (Å²) in [6.45, 7) is 5.88. The van der Waals surface area contributed by atoms with Gasteiger partial charge in [-0.15, -0.1) is 0 Å². The number of nitrogens with zero attached hydrogens (tertiary/aromatic N) is 2. The van der Waals surface area contributed by atoms with E-state index in [1.165, 1.54) is 18.1 Å². The van der Waals surface area contributed by atoms with Crippen molar-refractivity contribution in [1.82, 2.24) is 14.9 Å². The fourth-order valence-electron chi connectivity index (χ4n) is 3.81. The monoisotopic (exact) mass is 345 g/mol. The number of rotatable bonds is 1. The minimum atomic E-state index is -0.626. The lowest BCUT2D eigenvalue weighted by Gasteiger charge is -2.29. The maximum atomic E-state index is 12.5. The second kappa shape index (κ2) is 4.71. The number of allylic oxidation sites excluding steroid dienone is 2. The number of aromatic amines is 1. The van der Waals surface area contributed by atoms with E-state index in [0.717, 1.165) is 6.42 Å². The molecule has 1 N–H and O–H groups in total. The third-order valence-corrected chi connectivity index (χ3v) is 4.90. The van der Waals surface area contributed by atoms with Crippen molar-refractivity contribution in [3.05, 3.63) is 29.0 Å². The van der Waals surface area contributed by atoms with E-state index in [9.17, 15) is 14.4 Å². The van der Waals surface area contributed by atoms with Crippen molar-refractivity contribution in [3.8, 4) is 0 Å². The Kier molecular flexibility index (Phi) is 2.99. The summed E-state index contributed by atoms with van der Waals surface area (Å²) in [5.74, 6) is -0.766. The van der Waals surface area contributed by atoms with Crippen LogP contribution in [0.15, 0.2) is 11.8 Å². The molecule has 0 bridgehead atoms. The lowest BCUT2D eigenvalue weighted by molar-refractivity contribution is 0.0321. The first-order chi connectivity index (χ1) is 11.7. The third kappa shape index (κ3) is 2.13. The summed E-state index contributed by atoms with van der Waals surface area (Å²) in [7, 11) is 1.26. The van der Waals surface area contributed by atoms with Gasteiger partial charge in [0.25, 0.3) is 0 Å². The van der Waals surface area contributed by atoms with Gasteiger partial charge in [-0.3, -0.25) is 9.69 Å². The topological polar surface area (TPSA) is 102 Å². The summed E-state index contributed by atoms with van der Waals surface area (Å²) in [5.41, 5.74) is 0.390. The minimum absolute atomic E-state index is 0.00578. The van der Waals surface area contributed by atoms with Crippen LogP contribution in [0.2, 0.25) is 0 Å². The predicted molar refractivity (Wildman–Crippen MR) is 85.1 cm³/mol. The third-order valence-electron chi connectivity index (χ3n) is 4.90. The molecule has 3 aliphatic rings. The van der Waals surface area contributed by atoms with E-state index in [2.05, 4.69) is 14.7 Å². The van der Waals surface area contributed by atoms with Crippen molar-refractivity contribution in [3.63, 3.8) is 0 Å². The molecule has 8 nitrogen and oxygen atoms in total. The van der Waals surface area contributed by atoms with Crippen LogP contribution in [-0.4, -0.2) is 52.0 Å². The lowest BCUT2D eigenvalue weighted by Crippen LogP contribution is -2.38. The molecule has 1 aromatic heterocycles. The van der Waals surface area contributed by atoms with Gasteiger partial charge in [0.2, 0.25) is 11.6 Å². The van der Waals surface area contributed by atoms with Gasteiger partial charge in [0.15, 0.2) is 0 Å². The maximum Gasteiger partial charge on any atom is 0.414 e. The zero-order valence-corrected chi connectivity index (χ0v) is 14.5. The van der Waals surface area contributed by atoms with E-state index in [0.29, 0.717) is 17.9 Å². The Morgan fingerprint density at radius 1 is 1.40 bits per heavy atom. The highest BCUT2D eigenvalue weighted by Crippen LogP contribution is 2.66. The molecular weight excluding hydrogens is 326 g/mol. The number of methoxy groups -OCH3 is 1. The summed E-state index contributed by atoms with van der Waals surface area (Å²) >= 11 is 0. The molecule has 8 heteroatoms. The normalized spacial score (nSPS) is 26.4. The number of H-pyrrole nitrogens is 1. The number of nitrogens with one attached hydrogen (secondary N) is 1. The van der Waals surface area contributed by atoms with Crippen LogP contribution in [0.1, 0.15) is 54.0 Å². The molecule has 2 aliphatic carbocycles. The Balaban J connectivity index is 1.72. The molecule has 25 heavy (non-hydrogen) atoms. The molecule has 0 radical (unpaired) electrons. The van der Waals surface area contributed by atoms with E-state index in [1.54, 1.807) is 20.8 Å². The largest absolute Gasteiger partial charge is 0.463 e. The van der Waals surface area contributed by atoms with Gasteiger partial charge in [-0.25, -0.2) is 14.6 Å². The van der Waals surface area contributed by atoms with E-state index in [4.69, 9.17) is 4.74 Å². The van der Waals surface area contributed by atoms with Crippen molar-refractivity contribution in [2.45, 2.75) is 38.2 Å². The Morgan fingerprint density at radius 2 is 2.12 bits per heavy atom. The molecule has 2 fully saturated rings. The van der Waals surface area contributed by atoms with Crippen molar-refractivity contribution >= 4 is 17.8 Å². The van der Waals surface area contributed by atoms with Crippen molar-refractivity contribution in [2.75, 3.05) is 13.7 Å². The number of piperidine rings is 1. The Bertz CT molecular complexity index is 847. The minimum Gasteiger partial charge on any atom is -0.463 e. The van der Waals surface area contributed by atoms with Gasteiger partial charge >= 0.3 is 12.1 Å².